The highest BCUT2D eigenvalue weighted by molar-refractivity contribution is 5.92. The van der Waals surface area contributed by atoms with Gasteiger partial charge in [-0.15, -0.1) is 0 Å². The topological polar surface area (TPSA) is 133 Å². The molecule has 2 amide bonds. The Hall–Kier alpha value is -3.30. The molecule has 0 rings (SSSR count). The third kappa shape index (κ3) is 47.7. The molecule has 0 saturated heterocycles. The zero-order valence-corrected chi connectivity index (χ0v) is 21.5. The molecule has 0 saturated carbocycles. The minimum Gasteiger partial charge on any atom is -0.469 e. The standard InChI is InChI=1S/C9H13NO4.C6H10O2.C3H6O2.C3H6O.C2H6/c1-4-9(13)14-6-5-10(7(2)11)8(3)12;1-3-5-8-6(7)4-2;1-3(4)5-2;1-3(2)4;1-2/h4H,1,5-6H2,2-3H3;4H,2-3,5H2,1H3;1-2H3;1-2H3;1-2H3. The second-order valence-electron chi connectivity index (χ2n) is 5.54. The lowest BCUT2D eigenvalue weighted by molar-refractivity contribution is -0.146. The lowest BCUT2D eigenvalue weighted by atomic mass is 10.4. The van der Waals surface area contributed by atoms with Crippen molar-refractivity contribution >= 4 is 35.5 Å². The Bertz CT molecular complexity index is 581. The Morgan fingerprint density at radius 1 is 0.758 bits per heavy atom. The smallest absolute Gasteiger partial charge is 0.330 e. The van der Waals surface area contributed by atoms with Gasteiger partial charge in [0.15, 0.2) is 0 Å². The van der Waals surface area contributed by atoms with Gasteiger partial charge in [-0.25, -0.2) is 9.59 Å². The van der Waals surface area contributed by atoms with Crippen molar-refractivity contribution in [3.05, 3.63) is 25.3 Å². The van der Waals surface area contributed by atoms with E-state index in [1.807, 2.05) is 20.8 Å². The fraction of sp³-hybridized carbons (Fsp3) is 0.565. The van der Waals surface area contributed by atoms with Crippen molar-refractivity contribution in [1.29, 1.82) is 0 Å². The van der Waals surface area contributed by atoms with E-state index in [1.54, 1.807) is 0 Å². The number of hydrogen-bond acceptors (Lipinski definition) is 9. The molecule has 0 radical (unpaired) electrons. The molecule has 0 heterocycles. The van der Waals surface area contributed by atoms with Crippen LogP contribution in [0.1, 0.15) is 61.8 Å². The summed E-state index contributed by atoms with van der Waals surface area (Å²) in [6, 6.07) is 0. The number of rotatable bonds is 7. The Morgan fingerprint density at radius 2 is 1.06 bits per heavy atom. The van der Waals surface area contributed by atoms with Crippen molar-refractivity contribution in [2.75, 3.05) is 26.9 Å². The van der Waals surface area contributed by atoms with Gasteiger partial charge in [-0.2, -0.15) is 0 Å². The number of ketones is 1. The van der Waals surface area contributed by atoms with Crippen LogP contribution in [0.3, 0.4) is 0 Å². The molecule has 0 aromatic carbocycles. The monoisotopic (exact) mass is 475 g/mol. The maximum atomic E-state index is 10.9. The normalized spacial score (nSPS) is 7.79. The third-order valence-electron chi connectivity index (χ3n) is 2.39. The second-order valence-corrected chi connectivity index (χ2v) is 5.54. The molecule has 0 aliphatic heterocycles. The van der Waals surface area contributed by atoms with Gasteiger partial charge in [0.2, 0.25) is 11.8 Å². The molecule has 33 heavy (non-hydrogen) atoms. The summed E-state index contributed by atoms with van der Waals surface area (Å²) in [5, 5.41) is 0. The number of carbonyl (C=O) groups is 6. The van der Waals surface area contributed by atoms with Gasteiger partial charge in [-0.05, 0) is 20.3 Å². The van der Waals surface area contributed by atoms with Gasteiger partial charge in [0.1, 0.15) is 12.4 Å². The fourth-order valence-electron chi connectivity index (χ4n) is 1.09. The lowest BCUT2D eigenvalue weighted by Gasteiger charge is -2.16. The van der Waals surface area contributed by atoms with Gasteiger partial charge < -0.3 is 19.0 Å². The van der Waals surface area contributed by atoms with Crippen LogP contribution < -0.4 is 0 Å². The molecule has 0 aromatic rings. The number of imide groups is 1. The first-order valence-corrected chi connectivity index (χ1v) is 10.2. The van der Waals surface area contributed by atoms with Crippen LogP contribution in [0.4, 0.5) is 0 Å². The fourth-order valence-corrected chi connectivity index (χ4v) is 1.09. The van der Waals surface area contributed by atoms with E-state index >= 15 is 0 Å². The summed E-state index contributed by atoms with van der Waals surface area (Å²) in [4.78, 5) is 62.6. The highest BCUT2D eigenvalue weighted by atomic mass is 16.5. The number of carbonyl (C=O) groups excluding carboxylic acids is 6. The lowest BCUT2D eigenvalue weighted by Crippen LogP contribution is -2.36. The van der Waals surface area contributed by atoms with Gasteiger partial charge in [-0.3, -0.25) is 19.3 Å². The van der Waals surface area contributed by atoms with Gasteiger partial charge in [0.05, 0.1) is 20.3 Å². The van der Waals surface area contributed by atoms with E-state index < -0.39 is 5.97 Å². The molecule has 10 nitrogen and oxygen atoms in total. The van der Waals surface area contributed by atoms with E-state index in [-0.39, 0.29) is 42.7 Å². The molecule has 0 fully saturated rings. The maximum absolute atomic E-state index is 10.9. The minimum absolute atomic E-state index is 0.00991. The predicted octanol–water partition coefficient (Wildman–Crippen LogP) is 3.04. The minimum atomic E-state index is -0.572. The summed E-state index contributed by atoms with van der Waals surface area (Å²) in [6.45, 7) is 19.9. The molecule has 0 bridgehead atoms. The van der Waals surface area contributed by atoms with Crippen LogP contribution in [-0.4, -0.2) is 67.3 Å². The van der Waals surface area contributed by atoms with Gasteiger partial charge in [0, 0.05) is 32.9 Å². The van der Waals surface area contributed by atoms with Gasteiger partial charge in [0.25, 0.3) is 0 Å². The molecular formula is C23H41NO9. The largest absolute Gasteiger partial charge is 0.469 e. The number of hydrogen-bond donors (Lipinski definition) is 0. The average molecular weight is 476 g/mol. The highest BCUT2D eigenvalue weighted by Gasteiger charge is 2.13. The first kappa shape index (κ1) is 40.1. The van der Waals surface area contributed by atoms with Crippen LogP contribution in [0.15, 0.2) is 25.3 Å². The molecule has 0 unspecified atom stereocenters. The van der Waals surface area contributed by atoms with Crippen molar-refractivity contribution in [2.24, 2.45) is 0 Å². The van der Waals surface area contributed by atoms with Crippen molar-refractivity contribution < 1.29 is 43.0 Å². The van der Waals surface area contributed by atoms with E-state index in [4.69, 9.17) is 0 Å². The van der Waals surface area contributed by atoms with Crippen LogP contribution in [0.2, 0.25) is 0 Å². The highest BCUT2D eigenvalue weighted by Crippen LogP contribution is 1.91. The summed E-state index contributed by atoms with van der Waals surface area (Å²) < 4.78 is 13.3. The van der Waals surface area contributed by atoms with Crippen LogP contribution in [0.25, 0.3) is 0 Å². The SMILES string of the molecule is C=CC(=O)OCCC.C=CC(=O)OCCN(C(C)=O)C(C)=O.CC.CC(C)=O.COC(C)=O. The quantitative estimate of drug-likeness (QED) is 0.309. The molecule has 0 N–H and O–H groups in total. The van der Waals surface area contributed by atoms with Crippen molar-refractivity contribution in [2.45, 2.75) is 61.8 Å². The molecular weight excluding hydrogens is 434 g/mol. The maximum Gasteiger partial charge on any atom is 0.330 e. The first-order valence-electron chi connectivity index (χ1n) is 10.2. The zero-order chi connectivity index (χ0) is 27.4. The molecule has 0 aliphatic carbocycles. The van der Waals surface area contributed by atoms with Crippen molar-refractivity contribution in [3.8, 4) is 0 Å². The van der Waals surface area contributed by atoms with E-state index in [9.17, 15) is 28.8 Å². The number of amides is 2. The Balaban J connectivity index is -0.000000116. The zero-order valence-electron chi connectivity index (χ0n) is 21.5. The number of methoxy groups -OCH3 is 1. The molecule has 192 valence electrons. The summed E-state index contributed by atoms with van der Waals surface area (Å²) in [5.41, 5.74) is 0. The summed E-state index contributed by atoms with van der Waals surface area (Å²) >= 11 is 0. The first-order chi connectivity index (χ1) is 15.3. The van der Waals surface area contributed by atoms with Gasteiger partial charge >= 0.3 is 17.9 Å². The van der Waals surface area contributed by atoms with Crippen molar-refractivity contribution in [1.82, 2.24) is 4.90 Å². The second kappa shape index (κ2) is 30.9. The molecule has 0 aliphatic rings. The number of nitrogens with zero attached hydrogens (tertiary/aromatic N) is 1. The Labute approximate surface area is 197 Å². The number of esters is 3. The molecule has 0 spiro atoms. The molecule has 0 aromatic heterocycles. The summed E-state index contributed by atoms with van der Waals surface area (Å²) in [5.74, 6) is -1.73. The number of ether oxygens (including phenoxy) is 3. The average Bonchev–Trinajstić information content (AvgIpc) is 2.75. The molecule has 0 atom stereocenters. The van der Waals surface area contributed by atoms with E-state index in [0.29, 0.717) is 6.61 Å². The van der Waals surface area contributed by atoms with Crippen LogP contribution >= 0.6 is 0 Å². The summed E-state index contributed by atoms with van der Waals surface area (Å²) in [7, 11) is 1.35. The molecule has 10 heteroatoms. The van der Waals surface area contributed by atoms with Crippen LogP contribution in [0.5, 0.6) is 0 Å². The third-order valence-corrected chi connectivity index (χ3v) is 2.39. The van der Waals surface area contributed by atoms with Crippen LogP contribution in [0, 0.1) is 0 Å². The van der Waals surface area contributed by atoms with Crippen molar-refractivity contribution in [3.63, 3.8) is 0 Å². The summed E-state index contributed by atoms with van der Waals surface area (Å²) in [6.07, 6.45) is 3.04. The Morgan fingerprint density at radius 3 is 1.27 bits per heavy atom. The van der Waals surface area contributed by atoms with E-state index in [1.165, 1.54) is 41.7 Å². The Kier molecular flexibility index (Phi) is 37.5. The number of Topliss-reactive ketones (excluding diaryl/α,β-unsaturated/α-hetero) is 1. The van der Waals surface area contributed by atoms with E-state index in [2.05, 4.69) is 27.4 Å². The van der Waals surface area contributed by atoms with Gasteiger partial charge in [-0.1, -0.05) is 33.9 Å². The van der Waals surface area contributed by atoms with E-state index in [0.717, 1.165) is 23.5 Å². The van der Waals surface area contributed by atoms with Crippen LogP contribution in [-0.2, 0) is 43.0 Å². The predicted molar refractivity (Wildman–Crippen MR) is 126 cm³/mol.